The summed E-state index contributed by atoms with van der Waals surface area (Å²) in [5.41, 5.74) is 2.70. The topological polar surface area (TPSA) is 58.5 Å². The summed E-state index contributed by atoms with van der Waals surface area (Å²) in [6.07, 6.45) is -2.25. The molecule has 28 heavy (non-hydrogen) atoms. The minimum atomic E-state index is -4.40. The van der Waals surface area contributed by atoms with E-state index < -0.39 is 12.8 Å². The van der Waals surface area contributed by atoms with Gasteiger partial charge in [-0.15, -0.1) is 0 Å². The third-order valence-electron chi connectivity index (χ3n) is 3.86. The van der Waals surface area contributed by atoms with E-state index in [1.807, 2.05) is 6.92 Å². The summed E-state index contributed by atoms with van der Waals surface area (Å²) in [6.45, 7) is 1.48. The Morgan fingerprint density at radius 3 is 2.57 bits per heavy atom. The van der Waals surface area contributed by atoms with Crippen molar-refractivity contribution in [2.24, 2.45) is 4.99 Å². The van der Waals surface area contributed by atoms with E-state index in [1.165, 1.54) is 24.4 Å². The third kappa shape index (κ3) is 7.42. The minimum Gasteiger partial charge on any atom is -0.468 e. The lowest BCUT2D eigenvalue weighted by atomic mass is 10.1. The molecule has 0 aliphatic heterocycles. The van der Waals surface area contributed by atoms with Crippen molar-refractivity contribution in [2.45, 2.75) is 26.1 Å². The number of ether oxygens (including phenoxy) is 1. The van der Waals surface area contributed by atoms with Crippen LogP contribution < -0.4 is 15.4 Å². The van der Waals surface area contributed by atoms with Gasteiger partial charge in [-0.25, -0.2) is 9.37 Å². The predicted molar refractivity (Wildman–Crippen MR) is 98.8 cm³/mol. The van der Waals surface area contributed by atoms with Crippen LogP contribution in [-0.4, -0.2) is 37.3 Å². The lowest BCUT2D eigenvalue weighted by Gasteiger charge is -2.13. The summed E-state index contributed by atoms with van der Waals surface area (Å²) in [5, 5.41) is 6.24. The standard InChI is InChI=1S/C19H22F4N4O/c1-13-9-16(20)5-4-15(13)7-8-25-18(24-2)27-11-14-3-6-17(26-10-14)28-12-19(21,22)23/h3-6,9-10H,7-8,11-12H2,1-2H3,(H2,24,25,27). The number of hydrogen-bond donors (Lipinski definition) is 2. The molecule has 0 unspecified atom stereocenters. The number of benzene rings is 1. The first kappa shape index (κ1) is 21.5. The number of aromatic nitrogens is 1. The maximum atomic E-state index is 13.1. The van der Waals surface area contributed by atoms with E-state index in [0.717, 1.165) is 16.7 Å². The quantitative estimate of drug-likeness (QED) is 0.427. The van der Waals surface area contributed by atoms with Gasteiger partial charge in [0.25, 0.3) is 0 Å². The summed E-state index contributed by atoms with van der Waals surface area (Å²) < 4.78 is 54.1. The SMILES string of the molecule is CN=C(NCCc1ccc(F)cc1C)NCc1ccc(OCC(F)(F)F)nc1. The molecule has 0 spiro atoms. The maximum absolute atomic E-state index is 13.1. The molecule has 9 heteroatoms. The van der Waals surface area contributed by atoms with E-state index in [0.29, 0.717) is 25.5 Å². The Labute approximate surface area is 160 Å². The van der Waals surface area contributed by atoms with Gasteiger partial charge in [0.15, 0.2) is 12.6 Å². The lowest BCUT2D eigenvalue weighted by Crippen LogP contribution is -2.37. The van der Waals surface area contributed by atoms with E-state index in [1.54, 1.807) is 19.2 Å². The monoisotopic (exact) mass is 398 g/mol. The molecule has 152 valence electrons. The van der Waals surface area contributed by atoms with E-state index in [-0.39, 0.29) is 11.7 Å². The van der Waals surface area contributed by atoms with Crippen molar-refractivity contribution >= 4 is 5.96 Å². The second-order valence-electron chi connectivity index (χ2n) is 6.08. The molecule has 0 fully saturated rings. The van der Waals surface area contributed by atoms with Crippen molar-refractivity contribution in [1.29, 1.82) is 0 Å². The highest BCUT2D eigenvalue weighted by Gasteiger charge is 2.28. The van der Waals surface area contributed by atoms with Gasteiger partial charge in [-0.05, 0) is 42.2 Å². The molecule has 2 rings (SSSR count). The number of aliphatic imine (C=N–C) groups is 1. The minimum absolute atomic E-state index is 0.0850. The van der Waals surface area contributed by atoms with Crippen molar-refractivity contribution in [3.8, 4) is 5.88 Å². The Morgan fingerprint density at radius 1 is 1.18 bits per heavy atom. The van der Waals surface area contributed by atoms with Crippen LogP contribution in [0.1, 0.15) is 16.7 Å². The van der Waals surface area contributed by atoms with Gasteiger partial charge in [0.2, 0.25) is 5.88 Å². The van der Waals surface area contributed by atoms with Crippen molar-refractivity contribution in [3.05, 3.63) is 59.0 Å². The van der Waals surface area contributed by atoms with Gasteiger partial charge in [-0.2, -0.15) is 13.2 Å². The zero-order valence-electron chi connectivity index (χ0n) is 15.6. The third-order valence-corrected chi connectivity index (χ3v) is 3.86. The molecule has 2 aromatic rings. The fraction of sp³-hybridized carbons (Fsp3) is 0.368. The number of nitrogens with zero attached hydrogens (tertiary/aromatic N) is 2. The summed E-state index contributed by atoms with van der Waals surface area (Å²) in [7, 11) is 1.63. The number of aryl methyl sites for hydroxylation is 1. The molecule has 1 heterocycles. The Hall–Kier alpha value is -2.84. The lowest BCUT2D eigenvalue weighted by molar-refractivity contribution is -0.154. The largest absolute Gasteiger partial charge is 0.468 e. The van der Waals surface area contributed by atoms with Gasteiger partial charge in [0.05, 0.1) is 0 Å². The molecule has 1 aromatic heterocycles. The van der Waals surface area contributed by atoms with Crippen molar-refractivity contribution in [1.82, 2.24) is 15.6 Å². The Balaban J connectivity index is 1.77. The maximum Gasteiger partial charge on any atom is 0.422 e. The smallest absolute Gasteiger partial charge is 0.422 e. The van der Waals surface area contributed by atoms with Crippen LogP contribution in [-0.2, 0) is 13.0 Å². The normalized spacial score (nSPS) is 12.0. The van der Waals surface area contributed by atoms with Crippen LogP contribution in [0.3, 0.4) is 0 Å². The average molecular weight is 398 g/mol. The van der Waals surface area contributed by atoms with Gasteiger partial charge >= 0.3 is 6.18 Å². The molecule has 5 nitrogen and oxygen atoms in total. The average Bonchev–Trinajstić information content (AvgIpc) is 2.64. The first-order valence-corrected chi connectivity index (χ1v) is 8.61. The highest BCUT2D eigenvalue weighted by molar-refractivity contribution is 5.79. The van der Waals surface area contributed by atoms with Crippen LogP contribution in [0.5, 0.6) is 5.88 Å². The van der Waals surface area contributed by atoms with Crippen LogP contribution >= 0.6 is 0 Å². The highest BCUT2D eigenvalue weighted by Crippen LogP contribution is 2.17. The first-order valence-electron chi connectivity index (χ1n) is 8.61. The Morgan fingerprint density at radius 2 is 1.96 bits per heavy atom. The van der Waals surface area contributed by atoms with E-state index in [9.17, 15) is 17.6 Å². The highest BCUT2D eigenvalue weighted by atomic mass is 19.4. The van der Waals surface area contributed by atoms with Crippen molar-refractivity contribution < 1.29 is 22.3 Å². The molecule has 0 bridgehead atoms. The van der Waals surface area contributed by atoms with Gasteiger partial charge < -0.3 is 15.4 Å². The molecular formula is C19H22F4N4O. The van der Waals surface area contributed by atoms with Crippen LogP contribution in [0, 0.1) is 12.7 Å². The second-order valence-corrected chi connectivity index (χ2v) is 6.08. The van der Waals surface area contributed by atoms with Crippen LogP contribution in [0.2, 0.25) is 0 Å². The number of pyridine rings is 1. The fourth-order valence-corrected chi connectivity index (χ4v) is 2.42. The van der Waals surface area contributed by atoms with Gasteiger partial charge in [-0.1, -0.05) is 12.1 Å². The van der Waals surface area contributed by atoms with Gasteiger partial charge in [0, 0.05) is 32.4 Å². The first-order chi connectivity index (χ1) is 13.3. The molecule has 0 saturated heterocycles. The number of rotatable bonds is 7. The summed E-state index contributed by atoms with van der Waals surface area (Å²) in [6, 6.07) is 7.70. The zero-order valence-corrected chi connectivity index (χ0v) is 15.6. The molecule has 0 saturated carbocycles. The molecule has 1 aromatic carbocycles. The number of halogens is 4. The van der Waals surface area contributed by atoms with E-state index in [4.69, 9.17) is 0 Å². The molecule has 0 amide bonds. The molecule has 0 radical (unpaired) electrons. The van der Waals surface area contributed by atoms with Gasteiger partial charge in [0.1, 0.15) is 5.82 Å². The number of alkyl halides is 3. The second kappa shape index (κ2) is 9.91. The van der Waals surface area contributed by atoms with E-state index >= 15 is 0 Å². The number of hydrogen-bond acceptors (Lipinski definition) is 3. The predicted octanol–water partition coefficient (Wildman–Crippen LogP) is 3.38. The summed E-state index contributed by atoms with van der Waals surface area (Å²) in [5.74, 6) is 0.227. The van der Waals surface area contributed by atoms with Gasteiger partial charge in [-0.3, -0.25) is 4.99 Å². The molecule has 0 atom stereocenters. The van der Waals surface area contributed by atoms with Crippen molar-refractivity contribution in [2.75, 3.05) is 20.2 Å². The van der Waals surface area contributed by atoms with Crippen LogP contribution in [0.15, 0.2) is 41.5 Å². The fourth-order valence-electron chi connectivity index (χ4n) is 2.42. The molecular weight excluding hydrogens is 376 g/mol. The summed E-state index contributed by atoms with van der Waals surface area (Å²) in [4.78, 5) is 7.96. The number of guanidine groups is 1. The van der Waals surface area contributed by atoms with Crippen LogP contribution in [0.4, 0.5) is 17.6 Å². The van der Waals surface area contributed by atoms with Crippen LogP contribution in [0.25, 0.3) is 0 Å². The molecule has 2 N–H and O–H groups in total. The van der Waals surface area contributed by atoms with E-state index in [2.05, 4.69) is 25.3 Å². The summed E-state index contributed by atoms with van der Waals surface area (Å²) >= 11 is 0. The zero-order chi connectivity index (χ0) is 20.6. The molecule has 0 aliphatic rings. The van der Waals surface area contributed by atoms with Crippen molar-refractivity contribution in [3.63, 3.8) is 0 Å². The Kier molecular flexibility index (Phi) is 7.60. The molecule has 0 aliphatic carbocycles. The Bertz CT molecular complexity index is 792. The number of nitrogens with one attached hydrogen (secondary N) is 2.